The van der Waals surface area contributed by atoms with Gasteiger partial charge in [-0.2, -0.15) is 0 Å². The molecule has 1 aromatic carbocycles. The van der Waals surface area contributed by atoms with Gasteiger partial charge in [-0.1, -0.05) is 29.8 Å². The molecule has 28 heavy (non-hydrogen) atoms. The Morgan fingerprint density at radius 3 is 2.07 bits per heavy atom. The molecule has 6 heteroatoms. The number of furan rings is 1. The van der Waals surface area contributed by atoms with E-state index in [1.165, 1.54) is 20.9 Å². The standard InChI is InChI=1S/C22H28N2O4/c1-17-4-6-18(7-5-17)20(23-8-13-26-14-9-23)21(24-10-15-27-16-11-24)22(25)19-3-2-12-28-19/h2-7,12,20-21H,8-11,13-16H2,1H3/p+2/t20-,21+/m0/s1. The number of hydrogen-bond donors (Lipinski definition) is 2. The third-order valence-electron chi connectivity index (χ3n) is 5.97. The van der Waals surface area contributed by atoms with Crippen LogP contribution < -0.4 is 9.80 Å². The molecule has 0 aliphatic carbocycles. The first kappa shape index (κ1) is 19.3. The fraction of sp³-hybridized carbons (Fsp3) is 0.500. The number of nitrogens with one attached hydrogen (secondary N) is 2. The highest BCUT2D eigenvalue weighted by atomic mass is 16.5. The Labute approximate surface area is 166 Å². The average molecular weight is 386 g/mol. The molecule has 2 aromatic rings. The van der Waals surface area contributed by atoms with Gasteiger partial charge in [-0.15, -0.1) is 0 Å². The van der Waals surface area contributed by atoms with Crippen LogP contribution in [0.2, 0.25) is 0 Å². The maximum atomic E-state index is 13.6. The number of carbonyl (C=O) groups excluding carboxylic acids is 1. The molecule has 4 rings (SSSR count). The summed E-state index contributed by atoms with van der Waals surface area (Å²) in [7, 11) is 0. The molecule has 0 amide bonds. The van der Waals surface area contributed by atoms with Gasteiger partial charge in [0, 0.05) is 5.56 Å². The Balaban J connectivity index is 1.74. The zero-order chi connectivity index (χ0) is 19.3. The second-order valence-electron chi connectivity index (χ2n) is 7.75. The van der Waals surface area contributed by atoms with Gasteiger partial charge in [-0.3, -0.25) is 4.79 Å². The number of rotatable bonds is 6. The summed E-state index contributed by atoms with van der Waals surface area (Å²) in [5, 5.41) is 0. The third-order valence-corrected chi connectivity index (χ3v) is 5.97. The minimum Gasteiger partial charge on any atom is -0.461 e. The van der Waals surface area contributed by atoms with Crippen LogP contribution in [0.1, 0.15) is 27.7 Å². The van der Waals surface area contributed by atoms with Crippen LogP contribution >= 0.6 is 0 Å². The van der Waals surface area contributed by atoms with E-state index in [4.69, 9.17) is 13.9 Å². The van der Waals surface area contributed by atoms with Crippen molar-refractivity contribution in [2.45, 2.75) is 19.0 Å². The molecule has 0 bridgehead atoms. The Hall–Kier alpha value is -1.99. The number of quaternary nitrogens is 2. The lowest BCUT2D eigenvalue weighted by Crippen LogP contribution is -3.25. The van der Waals surface area contributed by atoms with Crippen LogP contribution in [0.15, 0.2) is 47.1 Å². The number of Topliss-reactive ketones (excluding diaryl/α,β-unsaturated/α-hetero) is 1. The molecule has 2 aliphatic rings. The summed E-state index contributed by atoms with van der Waals surface area (Å²) in [5.74, 6) is 0.542. The van der Waals surface area contributed by atoms with Crippen LogP contribution in [-0.2, 0) is 9.47 Å². The van der Waals surface area contributed by atoms with Crippen molar-refractivity contribution in [1.82, 2.24) is 0 Å². The molecule has 0 unspecified atom stereocenters. The summed E-state index contributed by atoms with van der Waals surface area (Å²) in [6, 6.07) is 12.1. The van der Waals surface area contributed by atoms with Gasteiger partial charge >= 0.3 is 0 Å². The summed E-state index contributed by atoms with van der Waals surface area (Å²) in [4.78, 5) is 16.3. The number of morpholine rings is 2. The molecular formula is C22H30N2O4+2. The molecule has 0 radical (unpaired) electrons. The maximum Gasteiger partial charge on any atom is 0.261 e. The largest absolute Gasteiger partial charge is 0.461 e. The highest BCUT2D eigenvalue weighted by Gasteiger charge is 2.46. The zero-order valence-corrected chi connectivity index (χ0v) is 16.5. The minimum atomic E-state index is -0.203. The summed E-state index contributed by atoms with van der Waals surface area (Å²) >= 11 is 0. The number of hydrogen-bond acceptors (Lipinski definition) is 4. The van der Waals surface area contributed by atoms with Gasteiger partial charge in [0.2, 0.25) is 6.04 Å². The van der Waals surface area contributed by atoms with Crippen molar-refractivity contribution in [3.05, 3.63) is 59.5 Å². The molecule has 2 fully saturated rings. The number of benzene rings is 1. The van der Waals surface area contributed by atoms with Gasteiger partial charge in [0.25, 0.3) is 5.78 Å². The van der Waals surface area contributed by atoms with E-state index in [0.717, 1.165) is 39.4 Å². The fourth-order valence-electron chi connectivity index (χ4n) is 4.47. The second-order valence-corrected chi connectivity index (χ2v) is 7.75. The monoisotopic (exact) mass is 386 g/mol. The zero-order valence-electron chi connectivity index (χ0n) is 16.5. The minimum absolute atomic E-state index is 0.0650. The van der Waals surface area contributed by atoms with Gasteiger partial charge in [0.1, 0.15) is 26.2 Å². The Bertz CT molecular complexity index is 747. The Morgan fingerprint density at radius 2 is 1.50 bits per heavy atom. The molecular weight excluding hydrogens is 356 g/mol. The molecule has 2 N–H and O–H groups in total. The topological polar surface area (TPSA) is 57.5 Å². The normalized spacial score (nSPS) is 21.3. The highest BCUT2D eigenvalue weighted by Crippen LogP contribution is 2.18. The van der Waals surface area contributed by atoms with Crippen LogP contribution in [0.4, 0.5) is 0 Å². The molecule has 0 spiro atoms. The van der Waals surface area contributed by atoms with E-state index in [-0.39, 0.29) is 17.9 Å². The molecule has 2 atom stereocenters. The molecule has 2 aliphatic heterocycles. The lowest BCUT2D eigenvalue weighted by molar-refractivity contribution is -0.999. The maximum absolute atomic E-state index is 13.6. The van der Waals surface area contributed by atoms with Gasteiger partial charge in [-0.05, 0) is 19.1 Å². The van der Waals surface area contributed by atoms with E-state index in [0.29, 0.717) is 19.0 Å². The molecule has 3 heterocycles. The first-order valence-electron chi connectivity index (χ1n) is 10.2. The predicted octanol–water partition coefficient (Wildman–Crippen LogP) is -0.289. The first-order chi connectivity index (χ1) is 13.7. The lowest BCUT2D eigenvalue weighted by Gasteiger charge is -2.39. The van der Waals surface area contributed by atoms with Crippen molar-refractivity contribution in [1.29, 1.82) is 0 Å². The lowest BCUT2D eigenvalue weighted by atomic mass is 9.91. The van der Waals surface area contributed by atoms with Crippen molar-refractivity contribution in [2.75, 3.05) is 52.6 Å². The van der Waals surface area contributed by atoms with E-state index in [2.05, 4.69) is 31.2 Å². The van der Waals surface area contributed by atoms with Crippen LogP contribution in [0, 0.1) is 6.92 Å². The van der Waals surface area contributed by atoms with Gasteiger partial charge in [0.15, 0.2) is 11.8 Å². The van der Waals surface area contributed by atoms with Gasteiger partial charge in [-0.25, -0.2) is 0 Å². The van der Waals surface area contributed by atoms with E-state index >= 15 is 0 Å². The van der Waals surface area contributed by atoms with Crippen molar-refractivity contribution in [2.24, 2.45) is 0 Å². The number of carbonyl (C=O) groups is 1. The Kier molecular flexibility index (Phi) is 6.22. The van der Waals surface area contributed by atoms with Crippen molar-refractivity contribution in [3.8, 4) is 0 Å². The fourth-order valence-corrected chi connectivity index (χ4v) is 4.47. The van der Waals surface area contributed by atoms with E-state index in [1.54, 1.807) is 18.4 Å². The molecule has 150 valence electrons. The van der Waals surface area contributed by atoms with E-state index in [9.17, 15) is 4.79 Å². The van der Waals surface area contributed by atoms with Crippen LogP contribution in [0.5, 0.6) is 0 Å². The summed E-state index contributed by atoms with van der Waals surface area (Å²) in [6.07, 6.45) is 1.58. The van der Waals surface area contributed by atoms with Gasteiger partial charge < -0.3 is 23.7 Å². The van der Waals surface area contributed by atoms with Crippen molar-refractivity contribution in [3.63, 3.8) is 0 Å². The predicted molar refractivity (Wildman–Crippen MR) is 104 cm³/mol. The molecule has 1 aromatic heterocycles. The van der Waals surface area contributed by atoms with E-state index < -0.39 is 0 Å². The third kappa shape index (κ3) is 4.20. The van der Waals surface area contributed by atoms with Crippen LogP contribution in [0.25, 0.3) is 0 Å². The first-order valence-corrected chi connectivity index (χ1v) is 10.2. The highest BCUT2D eigenvalue weighted by molar-refractivity contribution is 5.97. The van der Waals surface area contributed by atoms with Gasteiger partial charge in [0.05, 0.1) is 32.7 Å². The SMILES string of the molecule is Cc1ccc([C@@H]([C@H](C(=O)c2ccco2)[NH+]2CCOCC2)[NH+]2CCOCC2)cc1. The summed E-state index contributed by atoms with van der Waals surface area (Å²) in [5.41, 5.74) is 2.44. The average Bonchev–Trinajstić information content (AvgIpc) is 3.29. The van der Waals surface area contributed by atoms with Crippen LogP contribution in [-0.4, -0.2) is 64.4 Å². The van der Waals surface area contributed by atoms with Crippen molar-refractivity contribution >= 4 is 5.78 Å². The molecule has 0 saturated carbocycles. The molecule has 6 nitrogen and oxygen atoms in total. The molecule has 2 saturated heterocycles. The number of ketones is 1. The summed E-state index contributed by atoms with van der Waals surface area (Å²) in [6.45, 7) is 8.43. The van der Waals surface area contributed by atoms with Crippen molar-refractivity contribution < 1.29 is 28.5 Å². The van der Waals surface area contributed by atoms with Crippen LogP contribution in [0.3, 0.4) is 0 Å². The summed E-state index contributed by atoms with van der Waals surface area (Å²) < 4.78 is 16.7. The second kappa shape index (κ2) is 9.01. The smallest absolute Gasteiger partial charge is 0.261 e. The number of ether oxygens (including phenoxy) is 2. The Morgan fingerprint density at radius 1 is 0.893 bits per heavy atom. The quantitative estimate of drug-likeness (QED) is 0.670. The van der Waals surface area contributed by atoms with E-state index in [1.807, 2.05) is 0 Å². The number of aryl methyl sites for hydroxylation is 1.